The zero-order chi connectivity index (χ0) is 22.0. The Morgan fingerprint density at radius 3 is 2.45 bits per heavy atom. The predicted molar refractivity (Wildman–Crippen MR) is 121 cm³/mol. The lowest BCUT2D eigenvalue weighted by atomic mass is 9.91. The van der Waals surface area contributed by atoms with Gasteiger partial charge in [-0.15, -0.1) is 0 Å². The SMILES string of the molecule is O=C(O)Oc1cn(CC(O)C2CCN(Cc3ccc(Cl)cc3)CC2)c2ccc(Cl)cc12. The first-order valence-corrected chi connectivity index (χ1v) is 11.0. The van der Waals surface area contributed by atoms with Crippen molar-refractivity contribution < 1.29 is 19.7 Å². The number of aromatic nitrogens is 1. The molecule has 0 spiro atoms. The molecule has 1 unspecified atom stereocenters. The standard InChI is InChI=1S/C23H24Cl2N2O4/c24-17-3-1-15(2-4-17)12-26-9-7-16(8-10-26)21(28)13-27-14-22(31-23(29)30)19-11-18(25)5-6-20(19)27/h1-6,11,14,16,21,28H,7-10,12-13H2,(H,29,30). The Morgan fingerprint density at radius 2 is 1.77 bits per heavy atom. The molecule has 0 saturated carbocycles. The van der Waals surface area contributed by atoms with E-state index < -0.39 is 12.3 Å². The molecule has 2 aromatic carbocycles. The van der Waals surface area contributed by atoms with E-state index in [1.807, 2.05) is 34.9 Å². The average Bonchev–Trinajstić information content (AvgIpc) is 3.06. The minimum absolute atomic E-state index is 0.176. The van der Waals surface area contributed by atoms with Gasteiger partial charge >= 0.3 is 6.16 Å². The molecule has 1 aliphatic rings. The molecule has 0 amide bonds. The Morgan fingerprint density at radius 1 is 1.10 bits per heavy atom. The van der Waals surface area contributed by atoms with Crippen LogP contribution in [0, 0.1) is 5.92 Å². The Labute approximate surface area is 190 Å². The van der Waals surface area contributed by atoms with E-state index in [0.717, 1.165) is 43.0 Å². The van der Waals surface area contributed by atoms with Crippen molar-refractivity contribution in [3.8, 4) is 5.75 Å². The molecule has 2 heterocycles. The second-order valence-corrected chi connectivity index (χ2v) is 8.86. The van der Waals surface area contributed by atoms with Gasteiger partial charge in [0.25, 0.3) is 0 Å². The molecule has 31 heavy (non-hydrogen) atoms. The highest BCUT2D eigenvalue weighted by atomic mass is 35.5. The van der Waals surface area contributed by atoms with Crippen LogP contribution in [-0.2, 0) is 13.1 Å². The van der Waals surface area contributed by atoms with Gasteiger partial charge in [-0.2, -0.15) is 0 Å². The van der Waals surface area contributed by atoms with Crippen molar-refractivity contribution in [1.82, 2.24) is 9.47 Å². The van der Waals surface area contributed by atoms with Crippen LogP contribution in [-0.4, -0.2) is 45.0 Å². The monoisotopic (exact) mass is 462 g/mol. The number of hydrogen-bond acceptors (Lipinski definition) is 4. The molecule has 4 rings (SSSR count). The van der Waals surface area contributed by atoms with E-state index in [-0.39, 0.29) is 11.7 Å². The molecule has 0 aliphatic carbocycles. The number of likely N-dealkylation sites (tertiary alicyclic amines) is 1. The summed E-state index contributed by atoms with van der Waals surface area (Å²) in [5.41, 5.74) is 2.01. The van der Waals surface area contributed by atoms with E-state index >= 15 is 0 Å². The zero-order valence-corrected chi connectivity index (χ0v) is 18.4. The summed E-state index contributed by atoms with van der Waals surface area (Å²) in [6, 6.07) is 13.1. The normalized spacial score (nSPS) is 16.5. The lowest BCUT2D eigenvalue weighted by Crippen LogP contribution is -2.38. The van der Waals surface area contributed by atoms with E-state index in [1.165, 1.54) is 5.56 Å². The van der Waals surface area contributed by atoms with Crippen molar-refractivity contribution in [2.24, 2.45) is 5.92 Å². The van der Waals surface area contributed by atoms with Crippen LogP contribution in [0.15, 0.2) is 48.7 Å². The Bertz CT molecular complexity index is 1060. The molecule has 0 radical (unpaired) electrons. The van der Waals surface area contributed by atoms with Crippen molar-refractivity contribution in [3.05, 3.63) is 64.3 Å². The van der Waals surface area contributed by atoms with Gasteiger partial charge in [0, 0.05) is 34.7 Å². The molecular formula is C23H24Cl2N2O4. The van der Waals surface area contributed by atoms with Gasteiger partial charge in [-0.3, -0.25) is 4.90 Å². The summed E-state index contributed by atoms with van der Waals surface area (Å²) in [5.74, 6) is 0.394. The number of rotatable bonds is 6. The maximum absolute atomic E-state index is 11.0. The van der Waals surface area contributed by atoms with E-state index in [9.17, 15) is 9.90 Å². The van der Waals surface area contributed by atoms with Crippen LogP contribution < -0.4 is 4.74 Å². The summed E-state index contributed by atoms with van der Waals surface area (Å²) in [6.45, 7) is 3.07. The highest BCUT2D eigenvalue weighted by Crippen LogP contribution is 2.32. The number of aliphatic hydroxyl groups is 1. The van der Waals surface area contributed by atoms with Crippen LogP contribution in [0.3, 0.4) is 0 Å². The van der Waals surface area contributed by atoms with Crippen molar-refractivity contribution >= 4 is 40.3 Å². The maximum Gasteiger partial charge on any atom is 0.511 e. The number of nitrogens with zero attached hydrogens (tertiary/aromatic N) is 2. The van der Waals surface area contributed by atoms with E-state index in [0.29, 0.717) is 17.0 Å². The van der Waals surface area contributed by atoms with Gasteiger partial charge in [0.2, 0.25) is 0 Å². The maximum atomic E-state index is 11.0. The molecule has 0 bridgehead atoms. The summed E-state index contributed by atoms with van der Waals surface area (Å²) in [7, 11) is 0. The Balaban J connectivity index is 1.40. The number of carboxylic acid groups (broad SMARTS) is 1. The Hall–Kier alpha value is -2.25. The lowest BCUT2D eigenvalue weighted by molar-refractivity contribution is 0.0466. The number of ether oxygens (including phenoxy) is 1. The summed E-state index contributed by atoms with van der Waals surface area (Å²) in [6.07, 6.45) is 1.50. The van der Waals surface area contributed by atoms with Crippen LogP contribution in [0.4, 0.5) is 4.79 Å². The quantitative estimate of drug-likeness (QED) is 0.487. The summed E-state index contributed by atoms with van der Waals surface area (Å²) in [4.78, 5) is 13.4. The summed E-state index contributed by atoms with van der Waals surface area (Å²) in [5, 5.41) is 21.8. The third-order valence-corrected chi connectivity index (χ3v) is 6.37. The fourth-order valence-corrected chi connectivity index (χ4v) is 4.56. The number of hydrogen-bond donors (Lipinski definition) is 2. The van der Waals surface area contributed by atoms with Gasteiger partial charge in [0.15, 0.2) is 5.75 Å². The number of halogens is 2. The van der Waals surface area contributed by atoms with Crippen LogP contribution in [0.1, 0.15) is 18.4 Å². The van der Waals surface area contributed by atoms with Crippen LogP contribution in [0.25, 0.3) is 10.9 Å². The molecule has 164 valence electrons. The molecule has 1 atom stereocenters. The van der Waals surface area contributed by atoms with E-state index in [4.69, 9.17) is 33.0 Å². The zero-order valence-electron chi connectivity index (χ0n) is 16.9. The number of benzene rings is 2. The van der Waals surface area contributed by atoms with E-state index in [1.54, 1.807) is 18.3 Å². The number of carbonyl (C=O) groups is 1. The molecule has 1 aliphatic heterocycles. The largest absolute Gasteiger partial charge is 0.511 e. The van der Waals surface area contributed by atoms with Crippen molar-refractivity contribution in [2.75, 3.05) is 13.1 Å². The number of aliphatic hydroxyl groups excluding tert-OH is 1. The fraction of sp³-hybridized carbons (Fsp3) is 0.348. The summed E-state index contributed by atoms with van der Waals surface area (Å²) < 4.78 is 6.75. The van der Waals surface area contributed by atoms with Gasteiger partial charge in [-0.1, -0.05) is 35.3 Å². The highest BCUT2D eigenvalue weighted by Gasteiger charge is 2.26. The van der Waals surface area contributed by atoms with Crippen molar-refractivity contribution in [1.29, 1.82) is 0 Å². The topological polar surface area (TPSA) is 74.9 Å². The molecule has 1 saturated heterocycles. The Kier molecular flexibility index (Phi) is 6.72. The number of piperidine rings is 1. The minimum Gasteiger partial charge on any atom is -0.449 e. The van der Waals surface area contributed by atoms with Gasteiger partial charge < -0.3 is 19.5 Å². The lowest BCUT2D eigenvalue weighted by Gasteiger charge is -2.34. The summed E-state index contributed by atoms with van der Waals surface area (Å²) >= 11 is 12.0. The first-order chi connectivity index (χ1) is 14.9. The van der Waals surface area contributed by atoms with Gasteiger partial charge in [-0.05, 0) is 67.7 Å². The molecule has 1 fully saturated rings. The second kappa shape index (κ2) is 9.49. The third-order valence-electron chi connectivity index (χ3n) is 5.88. The van der Waals surface area contributed by atoms with Crippen molar-refractivity contribution in [2.45, 2.75) is 32.0 Å². The van der Waals surface area contributed by atoms with Crippen LogP contribution in [0.2, 0.25) is 10.0 Å². The molecule has 3 aromatic rings. The first-order valence-electron chi connectivity index (χ1n) is 10.2. The fourth-order valence-electron chi connectivity index (χ4n) is 4.26. The smallest absolute Gasteiger partial charge is 0.449 e. The molecule has 2 N–H and O–H groups in total. The van der Waals surface area contributed by atoms with Crippen LogP contribution in [0.5, 0.6) is 5.75 Å². The van der Waals surface area contributed by atoms with Crippen LogP contribution >= 0.6 is 23.2 Å². The highest BCUT2D eigenvalue weighted by molar-refractivity contribution is 6.31. The molecule has 6 nitrogen and oxygen atoms in total. The third kappa shape index (κ3) is 5.33. The van der Waals surface area contributed by atoms with Gasteiger partial charge in [-0.25, -0.2) is 4.79 Å². The van der Waals surface area contributed by atoms with Gasteiger partial charge in [0.1, 0.15) is 0 Å². The van der Waals surface area contributed by atoms with Crippen molar-refractivity contribution in [3.63, 3.8) is 0 Å². The second-order valence-electron chi connectivity index (χ2n) is 7.98. The van der Waals surface area contributed by atoms with E-state index in [2.05, 4.69) is 4.90 Å². The molecule has 8 heteroatoms. The molecule has 1 aromatic heterocycles. The minimum atomic E-state index is -1.38. The first kappa shape index (κ1) is 22.0. The molecular weight excluding hydrogens is 439 g/mol. The predicted octanol–water partition coefficient (Wildman–Crippen LogP) is 5.28. The number of fused-ring (bicyclic) bond motifs is 1. The average molecular weight is 463 g/mol. The van der Waals surface area contributed by atoms with Gasteiger partial charge in [0.05, 0.1) is 11.6 Å².